The predicted molar refractivity (Wildman–Crippen MR) is 118 cm³/mol. The molecule has 31 heavy (non-hydrogen) atoms. The van der Waals surface area contributed by atoms with Gasteiger partial charge >= 0.3 is 0 Å². The van der Waals surface area contributed by atoms with E-state index in [0.717, 1.165) is 0 Å². The summed E-state index contributed by atoms with van der Waals surface area (Å²) < 4.78 is 12.7. The van der Waals surface area contributed by atoms with Gasteiger partial charge in [0, 0.05) is 25.7 Å². The lowest BCUT2D eigenvalue weighted by molar-refractivity contribution is 0.0816. The Bertz CT molecular complexity index is 1100. The molecule has 8 nitrogen and oxygen atoms in total. The molecular formula is C20H19Cl3N4O4. The first-order valence-electron chi connectivity index (χ1n) is 9.16. The Labute approximate surface area is 193 Å². The molecule has 3 rings (SSSR count). The Balaban J connectivity index is 1.72. The molecule has 164 valence electrons. The highest BCUT2D eigenvalue weighted by Gasteiger charge is 2.22. The number of hydrogen-bond donors (Lipinski definition) is 1. The number of benzene rings is 1. The van der Waals surface area contributed by atoms with Gasteiger partial charge in [-0.15, -0.1) is 0 Å². The number of halogens is 3. The van der Waals surface area contributed by atoms with E-state index in [-0.39, 0.29) is 39.8 Å². The summed E-state index contributed by atoms with van der Waals surface area (Å²) in [6.07, 6.45) is 1.43. The number of carbonyl (C=O) groups is 2. The van der Waals surface area contributed by atoms with Crippen molar-refractivity contribution >= 4 is 52.3 Å². The van der Waals surface area contributed by atoms with Crippen LogP contribution < -0.4 is 10.1 Å². The number of aryl methyl sites for hydroxylation is 1. The minimum absolute atomic E-state index is 0.00746. The zero-order valence-electron chi connectivity index (χ0n) is 16.9. The minimum atomic E-state index is -0.530. The van der Waals surface area contributed by atoms with Crippen molar-refractivity contribution in [2.24, 2.45) is 0 Å². The maximum atomic E-state index is 12.6. The quantitative estimate of drug-likeness (QED) is 0.509. The molecule has 2 heterocycles. The highest BCUT2D eigenvalue weighted by molar-refractivity contribution is 6.40. The Morgan fingerprint density at radius 1 is 1.19 bits per heavy atom. The van der Waals surface area contributed by atoms with Crippen LogP contribution in [0.25, 0.3) is 0 Å². The predicted octanol–water partition coefficient (Wildman–Crippen LogP) is 4.99. The first kappa shape index (κ1) is 23.0. The Kier molecular flexibility index (Phi) is 7.15. The maximum Gasteiger partial charge on any atom is 0.291 e. The zero-order valence-corrected chi connectivity index (χ0v) is 19.2. The van der Waals surface area contributed by atoms with E-state index in [1.807, 2.05) is 6.92 Å². The molecule has 0 bridgehead atoms. The fourth-order valence-electron chi connectivity index (χ4n) is 2.73. The van der Waals surface area contributed by atoms with Crippen LogP contribution in [0.4, 0.5) is 5.69 Å². The highest BCUT2D eigenvalue weighted by atomic mass is 35.5. The SMILES string of the molecule is CCn1ncc(NC(=O)c2ccc(COc3c(Cl)cc(Cl)cc3Cl)o2)c1C(=O)N(C)C. The molecule has 11 heteroatoms. The number of rotatable bonds is 7. The van der Waals surface area contributed by atoms with Gasteiger partial charge in [-0.3, -0.25) is 14.3 Å². The monoisotopic (exact) mass is 484 g/mol. The summed E-state index contributed by atoms with van der Waals surface area (Å²) in [6.45, 7) is 2.32. The molecular weight excluding hydrogens is 467 g/mol. The van der Waals surface area contributed by atoms with Gasteiger partial charge in [-0.25, -0.2) is 0 Å². The summed E-state index contributed by atoms with van der Waals surface area (Å²) in [5.41, 5.74) is 0.572. The normalized spacial score (nSPS) is 10.8. The van der Waals surface area contributed by atoms with Crippen molar-refractivity contribution in [2.45, 2.75) is 20.1 Å². The molecule has 0 atom stereocenters. The van der Waals surface area contributed by atoms with E-state index in [2.05, 4.69) is 10.4 Å². The fraction of sp³-hybridized carbons (Fsp3) is 0.250. The number of anilines is 1. The number of furan rings is 1. The van der Waals surface area contributed by atoms with Crippen molar-refractivity contribution in [1.29, 1.82) is 0 Å². The number of aromatic nitrogens is 2. The van der Waals surface area contributed by atoms with Gasteiger partial charge in [0.1, 0.15) is 18.1 Å². The van der Waals surface area contributed by atoms with Crippen LogP contribution in [0, 0.1) is 0 Å². The second-order valence-electron chi connectivity index (χ2n) is 6.63. The summed E-state index contributed by atoms with van der Waals surface area (Å²) in [5.74, 6) is -0.133. The van der Waals surface area contributed by atoms with Crippen LogP contribution in [0.15, 0.2) is 34.9 Å². The first-order valence-corrected chi connectivity index (χ1v) is 10.3. The number of carbonyl (C=O) groups excluding carboxylic acids is 2. The van der Waals surface area contributed by atoms with E-state index in [9.17, 15) is 9.59 Å². The fourth-order valence-corrected chi connectivity index (χ4v) is 3.65. The summed E-state index contributed by atoms with van der Waals surface area (Å²) in [4.78, 5) is 26.5. The molecule has 0 fully saturated rings. The minimum Gasteiger partial charge on any atom is -0.483 e. The van der Waals surface area contributed by atoms with E-state index in [1.165, 1.54) is 34.0 Å². The third-order valence-electron chi connectivity index (χ3n) is 4.20. The standard InChI is InChI=1S/C20H19Cl3N4O4/c1-4-27-17(20(29)26(2)3)15(9-24-27)25-19(28)16-6-5-12(31-16)10-30-18-13(22)7-11(21)8-14(18)23/h5-9H,4,10H2,1-3H3,(H,25,28). The van der Waals surface area contributed by atoms with Gasteiger partial charge in [0.15, 0.2) is 11.5 Å². The molecule has 0 saturated heterocycles. The van der Waals surface area contributed by atoms with E-state index < -0.39 is 5.91 Å². The van der Waals surface area contributed by atoms with Crippen LogP contribution in [0.3, 0.4) is 0 Å². The Morgan fingerprint density at radius 3 is 2.48 bits per heavy atom. The zero-order chi connectivity index (χ0) is 22.7. The number of amides is 2. The highest BCUT2D eigenvalue weighted by Crippen LogP contribution is 2.36. The van der Waals surface area contributed by atoms with Gasteiger partial charge in [0.2, 0.25) is 0 Å². The lowest BCUT2D eigenvalue weighted by Gasteiger charge is -2.13. The van der Waals surface area contributed by atoms with Gasteiger partial charge in [0.25, 0.3) is 11.8 Å². The smallest absolute Gasteiger partial charge is 0.291 e. The third-order valence-corrected chi connectivity index (χ3v) is 4.98. The molecule has 0 saturated carbocycles. The molecule has 0 aliphatic rings. The van der Waals surface area contributed by atoms with Crippen LogP contribution in [0.1, 0.15) is 33.7 Å². The third kappa shape index (κ3) is 5.15. The van der Waals surface area contributed by atoms with Crippen LogP contribution in [0.2, 0.25) is 15.1 Å². The molecule has 0 radical (unpaired) electrons. The van der Waals surface area contributed by atoms with Gasteiger partial charge in [0.05, 0.1) is 21.9 Å². The second-order valence-corrected chi connectivity index (χ2v) is 7.88. The molecule has 2 aromatic heterocycles. The molecule has 1 N–H and O–H groups in total. The number of ether oxygens (including phenoxy) is 1. The first-order chi connectivity index (χ1) is 14.7. The maximum absolute atomic E-state index is 12.6. The number of hydrogen-bond acceptors (Lipinski definition) is 5. The van der Waals surface area contributed by atoms with Crippen molar-refractivity contribution < 1.29 is 18.7 Å². The van der Waals surface area contributed by atoms with Crippen molar-refractivity contribution in [3.63, 3.8) is 0 Å². The molecule has 0 aliphatic heterocycles. The molecule has 3 aromatic rings. The molecule has 2 amide bonds. The van der Waals surface area contributed by atoms with Crippen LogP contribution in [0.5, 0.6) is 5.75 Å². The molecule has 0 spiro atoms. The number of nitrogens with zero attached hydrogens (tertiary/aromatic N) is 3. The Hall–Kier alpha value is -2.68. The van der Waals surface area contributed by atoms with Gasteiger partial charge in [-0.1, -0.05) is 34.8 Å². The van der Waals surface area contributed by atoms with Crippen molar-refractivity contribution in [3.8, 4) is 5.75 Å². The average Bonchev–Trinajstić information content (AvgIpc) is 3.33. The van der Waals surface area contributed by atoms with Crippen LogP contribution in [-0.4, -0.2) is 40.6 Å². The van der Waals surface area contributed by atoms with Crippen molar-refractivity contribution in [1.82, 2.24) is 14.7 Å². The van der Waals surface area contributed by atoms with E-state index in [1.54, 1.807) is 20.2 Å². The van der Waals surface area contributed by atoms with Gasteiger partial charge in [-0.05, 0) is 31.2 Å². The van der Waals surface area contributed by atoms with Gasteiger partial charge in [-0.2, -0.15) is 5.10 Å². The molecule has 0 aliphatic carbocycles. The lowest BCUT2D eigenvalue weighted by Crippen LogP contribution is -2.26. The summed E-state index contributed by atoms with van der Waals surface area (Å²) in [5, 5.41) is 7.71. The van der Waals surface area contributed by atoms with Crippen molar-refractivity contribution in [3.05, 3.63) is 62.7 Å². The van der Waals surface area contributed by atoms with E-state index in [0.29, 0.717) is 23.0 Å². The van der Waals surface area contributed by atoms with Crippen molar-refractivity contribution in [2.75, 3.05) is 19.4 Å². The van der Waals surface area contributed by atoms with E-state index >= 15 is 0 Å². The average molecular weight is 486 g/mol. The Morgan fingerprint density at radius 2 is 1.87 bits per heavy atom. The summed E-state index contributed by atoms with van der Waals surface area (Å²) in [7, 11) is 3.25. The topological polar surface area (TPSA) is 89.6 Å². The lowest BCUT2D eigenvalue weighted by atomic mass is 10.3. The molecule has 1 aromatic carbocycles. The summed E-state index contributed by atoms with van der Waals surface area (Å²) >= 11 is 18.1. The van der Waals surface area contributed by atoms with Crippen LogP contribution in [-0.2, 0) is 13.2 Å². The van der Waals surface area contributed by atoms with Crippen LogP contribution >= 0.6 is 34.8 Å². The molecule has 0 unspecified atom stereocenters. The largest absolute Gasteiger partial charge is 0.483 e. The second kappa shape index (κ2) is 9.64. The number of nitrogens with one attached hydrogen (secondary N) is 1. The van der Waals surface area contributed by atoms with E-state index in [4.69, 9.17) is 44.0 Å². The summed E-state index contributed by atoms with van der Waals surface area (Å²) in [6, 6.07) is 6.10. The van der Waals surface area contributed by atoms with Gasteiger partial charge < -0.3 is 19.4 Å².